The van der Waals surface area contributed by atoms with Gasteiger partial charge in [0.25, 0.3) is 0 Å². The molecule has 0 aromatic heterocycles. The monoisotopic (exact) mass is 377 g/mol. The van der Waals surface area contributed by atoms with Crippen LogP contribution >= 0.6 is 20.2 Å². The molecule has 0 amide bonds. The first-order chi connectivity index (χ1) is 11.9. The third-order valence-corrected chi connectivity index (χ3v) is 7.26. The molecular formula is C19H22O4PS+. The molecule has 2 aromatic rings. The van der Waals surface area contributed by atoms with E-state index < -0.39 is 25.2 Å². The van der Waals surface area contributed by atoms with Crippen LogP contribution in [0.4, 0.5) is 0 Å². The number of thioether (sulfide) groups is 1. The number of carboxylic acid groups (broad SMARTS) is 1. The molecule has 0 aliphatic carbocycles. The van der Waals surface area contributed by atoms with Gasteiger partial charge in [0.1, 0.15) is 0 Å². The molecule has 0 aliphatic heterocycles. The third-order valence-electron chi connectivity index (χ3n) is 4.46. The molecule has 0 saturated carbocycles. The van der Waals surface area contributed by atoms with Gasteiger partial charge >= 0.3 is 14.4 Å². The second-order valence-electron chi connectivity index (χ2n) is 6.15. The Morgan fingerprint density at radius 3 is 2.16 bits per heavy atom. The molecule has 132 valence electrons. The maximum atomic E-state index is 12.1. The summed E-state index contributed by atoms with van der Waals surface area (Å²) in [5, 5.41) is 18.9. The smallest absolute Gasteiger partial charge is 0.340 e. The Morgan fingerprint density at radius 2 is 1.64 bits per heavy atom. The van der Waals surface area contributed by atoms with Crippen LogP contribution in [-0.2, 0) is 15.8 Å². The van der Waals surface area contributed by atoms with E-state index in [-0.39, 0.29) is 5.75 Å². The molecule has 0 heterocycles. The Bertz CT molecular complexity index is 660. The first-order valence-electron chi connectivity index (χ1n) is 7.98. The molecule has 6 heteroatoms. The van der Waals surface area contributed by atoms with Crippen molar-refractivity contribution in [2.75, 3.05) is 5.75 Å². The summed E-state index contributed by atoms with van der Waals surface area (Å²) >= 11 is 1.41. The van der Waals surface area contributed by atoms with Crippen molar-refractivity contribution in [1.82, 2.24) is 0 Å². The SMILES string of the molecule is CC(O)(C(=O)O)C(CCc1ccccc1)(CSc1ccccc1)[PH+]=O. The number of benzene rings is 2. The minimum atomic E-state index is -2.08. The molecule has 2 rings (SSSR count). The summed E-state index contributed by atoms with van der Waals surface area (Å²) in [6.45, 7) is 1.25. The predicted molar refractivity (Wildman–Crippen MR) is 102 cm³/mol. The molecule has 0 aliphatic rings. The molecule has 0 radical (unpaired) electrons. The van der Waals surface area contributed by atoms with E-state index in [2.05, 4.69) is 0 Å². The molecule has 0 bridgehead atoms. The zero-order chi connectivity index (χ0) is 18.3. The van der Waals surface area contributed by atoms with Gasteiger partial charge in [0.15, 0.2) is 0 Å². The lowest BCUT2D eigenvalue weighted by Gasteiger charge is -2.32. The van der Waals surface area contributed by atoms with Gasteiger partial charge in [0, 0.05) is 11.3 Å². The molecule has 3 atom stereocenters. The minimum absolute atomic E-state index is 0.255. The van der Waals surface area contributed by atoms with Gasteiger partial charge in [-0.3, -0.25) is 0 Å². The summed E-state index contributed by atoms with van der Waals surface area (Å²) in [7, 11) is -0.935. The van der Waals surface area contributed by atoms with Gasteiger partial charge < -0.3 is 10.2 Å². The van der Waals surface area contributed by atoms with Gasteiger partial charge in [0.2, 0.25) is 10.8 Å². The highest BCUT2D eigenvalue weighted by Gasteiger charge is 2.59. The molecule has 2 aromatic carbocycles. The van der Waals surface area contributed by atoms with E-state index in [0.29, 0.717) is 12.8 Å². The summed E-state index contributed by atoms with van der Waals surface area (Å²) < 4.78 is 12.1. The van der Waals surface area contributed by atoms with Crippen molar-refractivity contribution in [2.24, 2.45) is 0 Å². The van der Waals surface area contributed by atoms with Crippen LogP contribution in [0.2, 0.25) is 0 Å². The first-order valence-corrected chi connectivity index (χ1v) is 9.87. The number of hydrogen-bond donors (Lipinski definition) is 2. The fraction of sp³-hybridized carbons (Fsp3) is 0.316. The molecule has 3 unspecified atom stereocenters. The van der Waals surface area contributed by atoms with Crippen LogP contribution in [0, 0.1) is 0 Å². The van der Waals surface area contributed by atoms with Crippen molar-refractivity contribution in [3.63, 3.8) is 0 Å². The van der Waals surface area contributed by atoms with E-state index in [4.69, 9.17) is 0 Å². The van der Waals surface area contributed by atoms with E-state index >= 15 is 0 Å². The number of carboxylic acids is 1. The molecule has 25 heavy (non-hydrogen) atoms. The number of aryl methyl sites for hydroxylation is 1. The van der Waals surface area contributed by atoms with Crippen LogP contribution in [-0.4, -0.2) is 32.7 Å². The summed E-state index contributed by atoms with van der Waals surface area (Å²) in [6, 6.07) is 19.1. The summed E-state index contributed by atoms with van der Waals surface area (Å²) in [5.41, 5.74) is -1.06. The number of hydrogen-bond acceptors (Lipinski definition) is 4. The van der Waals surface area contributed by atoms with Crippen molar-refractivity contribution >= 4 is 26.2 Å². The molecule has 0 fully saturated rings. The van der Waals surface area contributed by atoms with Crippen LogP contribution < -0.4 is 0 Å². The van der Waals surface area contributed by atoms with Gasteiger partial charge in [-0.2, -0.15) is 0 Å². The predicted octanol–water partition coefficient (Wildman–Crippen LogP) is 4.01. The lowest BCUT2D eigenvalue weighted by Crippen LogP contribution is -2.55. The zero-order valence-corrected chi connectivity index (χ0v) is 15.8. The average Bonchev–Trinajstić information content (AvgIpc) is 2.63. The van der Waals surface area contributed by atoms with E-state index in [1.165, 1.54) is 18.7 Å². The van der Waals surface area contributed by atoms with Crippen LogP contribution in [0.1, 0.15) is 18.9 Å². The van der Waals surface area contributed by atoms with Crippen molar-refractivity contribution in [3.8, 4) is 0 Å². The topological polar surface area (TPSA) is 74.6 Å². The molecule has 0 saturated heterocycles. The lowest BCUT2D eigenvalue weighted by atomic mass is 9.84. The average molecular weight is 377 g/mol. The third kappa shape index (κ3) is 4.69. The van der Waals surface area contributed by atoms with Gasteiger partial charge in [-0.1, -0.05) is 53.1 Å². The second-order valence-corrected chi connectivity index (χ2v) is 8.36. The Kier molecular flexibility index (Phi) is 6.77. The van der Waals surface area contributed by atoms with E-state index in [9.17, 15) is 19.6 Å². The Hall–Kier alpha value is -1.68. The number of aliphatic hydroxyl groups is 1. The van der Waals surface area contributed by atoms with Crippen molar-refractivity contribution in [2.45, 2.75) is 35.4 Å². The summed E-state index contributed by atoms with van der Waals surface area (Å²) in [6.07, 6.45) is 0.868. The summed E-state index contributed by atoms with van der Waals surface area (Å²) in [4.78, 5) is 12.6. The van der Waals surface area contributed by atoms with Crippen LogP contribution in [0.15, 0.2) is 65.6 Å². The van der Waals surface area contributed by atoms with Gasteiger partial charge in [0.05, 0.1) is 5.75 Å². The van der Waals surface area contributed by atoms with Crippen molar-refractivity contribution < 1.29 is 19.6 Å². The minimum Gasteiger partial charge on any atom is -0.479 e. The largest absolute Gasteiger partial charge is 0.479 e. The highest BCUT2D eigenvalue weighted by molar-refractivity contribution is 7.99. The van der Waals surface area contributed by atoms with Crippen LogP contribution in [0.25, 0.3) is 0 Å². The standard InChI is InChI=1S/C19H21O4PS/c1-18(22,17(20)21)19(24-23,13-12-15-8-4-2-5-9-15)14-25-16-10-6-3-7-11-16/h2-11,22H,12-14H2,1H3,(H,20,21)/p+1. The normalized spacial score (nSPS) is 16.1. The van der Waals surface area contributed by atoms with E-state index in [1.54, 1.807) is 0 Å². The number of aliphatic carboxylic acids is 1. The fourth-order valence-electron chi connectivity index (χ4n) is 2.57. The molecule has 4 nitrogen and oxygen atoms in total. The Morgan fingerprint density at radius 1 is 1.08 bits per heavy atom. The highest BCUT2D eigenvalue weighted by atomic mass is 32.2. The van der Waals surface area contributed by atoms with Gasteiger partial charge in [-0.25, -0.2) is 4.79 Å². The van der Waals surface area contributed by atoms with Gasteiger partial charge in [-0.15, -0.1) is 11.8 Å². The highest BCUT2D eigenvalue weighted by Crippen LogP contribution is 2.43. The van der Waals surface area contributed by atoms with E-state index in [0.717, 1.165) is 10.5 Å². The number of carbonyl (C=O) groups is 1. The molecule has 2 N–H and O–H groups in total. The molecule has 0 spiro atoms. The zero-order valence-electron chi connectivity index (χ0n) is 14.0. The maximum Gasteiger partial charge on any atom is 0.340 e. The number of rotatable bonds is 9. The fourth-order valence-corrected chi connectivity index (χ4v) is 4.74. The van der Waals surface area contributed by atoms with Gasteiger partial charge in [-0.05, 0) is 31.0 Å². The summed E-state index contributed by atoms with van der Waals surface area (Å²) in [5.74, 6) is -1.09. The maximum absolute atomic E-state index is 12.1. The van der Waals surface area contributed by atoms with E-state index in [1.807, 2.05) is 60.7 Å². The van der Waals surface area contributed by atoms with Crippen LogP contribution in [0.3, 0.4) is 0 Å². The second kappa shape index (κ2) is 8.61. The van der Waals surface area contributed by atoms with Crippen LogP contribution in [0.5, 0.6) is 0 Å². The Balaban J connectivity index is 2.25. The first kappa shape index (κ1) is 19.6. The molecular weight excluding hydrogens is 355 g/mol. The van der Waals surface area contributed by atoms with Crippen molar-refractivity contribution in [1.29, 1.82) is 0 Å². The lowest BCUT2D eigenvalue weighted by molar-refractivity contribution is -0.159. The van der Waals surface area contributed by atoms with Crippen molar-refractivity contribution in [3.05, 3.63) is 66.2 Å². The quantitative estimate of drug-likeness (QED) is 0.510. The Labute approximate surface area is 153 Å².